The van der Waals surface area contributed by atoms with Gasteiger partial charge in [-0.2, -0.15) is 5.10 Å². The van der Waals surface area contributed by atoms with Crippen LogP contribution in [0.2, 0.25) is 5.02 Å². The lowest BCUT2D eigenvalue weighted by Gasteiger charge is -2.47. The van der Waals surface area contributed by atoms with Gasteiger partial charge in [0.1, 0.15) is 5.69 Å². The molecule has 9 heteroatoms. The Morgan fingerprint density at radius 2 is 1.82 bits per heavy atom. The van der Waals surface area contributed by atoms with Crippen molar-refractivity contribution in [2.24, 2.45) is 0 Å². The zero-order valence-electron chi connectivity index (χ0n) is 24.5. The van der Waals surface area contributed by atoms with Gasteiger partial charge in [-0.1, -0.05) is 57.8 Å². The molecule has 0 aliphatic carbocycles. The van der Waals surface area contributed by atoms with Crippen molar-refractivity contribution in [2.75, 3.05) is 19.6 Å². The lowest BCUT2D eigenvalue weighted by molar-refractivity contribution is -0.131. The largest absolute Gasteiger partial charge is 0.335 e. The van der Waals surface area contributed by atoms with Crippen molar-refractivity contribution in [1.29, 1.82) is 5.41 Å². The second kappa shape index (κ2) is 11.2. The Kier molecular flexibility index (Phi) is 8.22. The number of aromatic nitrogens is 3. The van der Waals surface area contributed by atoms with E-state index in [-0.39, 0.29) is 17.2 Å². The molecule has 1 N–H and O–H groups in total. The summed E-state index contributed by atoms with van der Waals surface area (Å²) in [5, 5.41) is 13.3. The molecule has 0 saturated carbocycles. The zero-order valence-corrected chi connectivity index (χ0v) is 25.3. The maximum atomic E-state index is 13.9. The quantitative estimate of drug-likeness (QED) is 0.287. The third-order valence-electron chi connectivity index (χ3n) is 7.21. The minimum atomic E-state index is -0.605. The highest BCUT2D eigenvalue weighted by atomic mass is 35.5. The Balaban J connectivity index is 1.65. The molecule has 0 atom stereocenters. The summed E-state index contributed by atoms with van der Waals surface area (Å²) in [7, 11) is 0. The number of carbonyl (C=O) groups excluding carboxylic acids is 2. The number of benzene rings is 1. The molecule has 3 heterocycles. The Labute approximate surface area is 241 Å². The topological polar surface area (TPSA) is 94.7 Å². The molecule has 212 valence electrons. The molecule has 0 radical (unpaired) electrons. The number of hydrogen-bond donors (Lipinski definition) is 1. The number of allylic oxidation sites excluding steroid dienone is 1. The van der Waals surface area contributed by atoms with E-state index in [0.717, 1.165) is 23.2 Å². The number of piperazine rings is 1. The summed E-state index contributed by atoms with van der Waals surface area (Å²) in [6, 6.07) is 9.56. The maximum Gasteiger partial charge on any atom is 0.274 e. The monoisotopic (exact) mass is 562 g/mol. The van der Waals surface area contributed by atoms with E-state index in [2.05, 4.69) is 20.8 Å². The van der Waals surface area contributed by atoms with Crippen LogP contribution in [0.25, 0.3) is 16.9 Å². The first-order chi connectivity index (χ1) is 18.7. The number of imidazole rings is 1. The number of rotatable bonds is 6. The Morgan fingerprint density at radius 3 is 2.40 bits per heavy atom. The van der Waals surface area contributed by atoms with Crippen LogP contribution in [0, 0.1) is 5.41 Å². The lowest BCUT2D eigenvalue weighted by atomic mass is 9.87. The molecule has 8 nitrogen and oxygen atoms in total. The molecule has 0 unspecified atom stereocenters. The fourth-order valence-electron chi connectivity index (χ4n) is 5.21. The van der Waals surface area contributed by atoms with Crippen molar-refractivity contribution in [2.45, 2.75) is 72.3 Å². The van der Waals surface area contributed by atoms with Crippen molar-refractivity contribution < 1.29 is 9.59 Å². The van der Waals surface area contributed by atoms with Gasteiger partial charge in [0.25, 0.3) is 5.91 Å². The number of amides is 2. The second-order valence-electron chi connectivity index (χ2n) is 12.2. The van der Waals surface area contributed by atoms with Gasteiger partial charge in [0.15, 0.2) is 5.65 Å². The SMILES string of the molecule is CCCC(=CC(C)=N)C(=O)N1CCN(C(=O)c2cn3nc(-c4ccc(Cl)cc4)cc(C(C)(C)C)c3n2)C(C)(C)C1. The van der Waals surface area contributed by atoms with Crippen LogP contribution in [0.1, 0.15) is 77.4 Å². The minimum absolute atomic E-state index is 0.0601. The van der Waals surface area contributed by atoms with E-state index in [1.54, 1.807) is 33.5 Å². The van der Waals surface area contributed by atoms with Crippen LogP contribution >= 0.6 is 11.6 Å². The molecule has 1 fully saturated rings. The van der Waals surface area contributed by atoms with Crippen LogP contribution in [0.5, 0.6) is 0 Å². The van der Waals surface area contributed by atoms with Gasteiger partial charge >= 0.3 is 0 Å². The summed E-state index contributed by atoms with van der Waals surface area (Å²) in [6.45, 7) is 15.2. The van der Waals surface area contributed by atoms with E-state index >= 15 is 0 Å². The van der Waals surface area contributed by atoms with Gasteiger partial charge in [0.05, 0.1) is 17.4 Å². The van der Waals surface area contributed by atoms with E-state index < -0.39 is 5.54 Å². The smallest absolute Gasteiger partial charge is 0.274 e. The molecule has 3 aromatic rings. The maximum absolute atomic E-state index is 13.9. The summed E-state index contributed by atoms with van der Waals surface area (Å²) in [4.78, 5) is 35.6. The zero-order chi connectivity index (χ0) is 29.4. The molecule has 40 heavy (non-hydrogen) atoms. The third kappa shape index (κ3) is 6.12. The van der Waals surface area contributed by atoms with Crippen LogP contribution in [0.15, 0.2) is 48.2 Å². The Bertz CT molecular complexity index is 1480. The first-order valence-electron chi connectivity index (χ1n) is 13.7. The molecular formula is C31H39ClN6O2. The van der Waals surface area contributed by atoms with Crippen molar-refractivity contribution in [3.8, 4) is 11.3 Å². The fraction of sp³-hybridized carbons (Fsp3) is 0.452. The van der Waals surface area contributed by atoms with E-state index in [4.69, 9.17) is 27.1 Å². The van der Waals surface area contributed by atoms with Crippen LogP contribution < -0.4 is 0 Å². The average Bonchev–Trinajstić information content (AvgIpc) is 3.30. The molecule has 2 amide bonds. The molecule has 1 aliphatic heterocycles. The Morgan fingerprint density at radius 1 is 1.15 bits per heavy atom. The predicted octanol–water partition coefficient (Wildman–Crippen LogP) is 6.18. The van der Waals surface area contributed by atoms with Gasteiger partial charge in [0.2, 0.25) is 5.91 Å². The number of nitrogens with one attached hydrogen (secondary N) is 1. The van der Waals surface area contributed by atoms with Crippen molar-refractivity contribution >= 4 is 34.8 Å². The average molecular weight is 563 g/mol. The molecule has 4 rings (SSSR count). The van der Waals surface area contributed by atoms with Gasteiger partial charge in [0, 0.05) is 47.1 Å². The van der Waals surface area contributed by atoms with Crippen LogP contribution in [0.3, 0.4) is 0 Å². The molecule has 1 aromatic carbocycles. The first kappa shape index (κ1) is 29.5. The number of fused-ring (bicyclic) bond motifs is 1. The Hall–Kier alpha value is -3.52. The second-order valence-corrected chi connectivity index (χ2v) is 12.6. The summed E-state index contributed by atoms with van der Waals surface area (Å²) in [6.07, 6.45) is 4.81. The number of hydrogen-bond acceptors (Lipinski definition) is 5. The highest BCUT2D eigenvalue weighted by molar-refractivity contribution is 6.30. The molecule has 0 bridgehead atoms. The number of nitrogens with zero attached hydrogens (tertiary/aromatic N) is 5. The molecular weight excluding hydrogens is 524 g/mol. The van der Waals surface area contributed by atoms with Crippen molar-refractivity contribution in [3.05, 3.63) is 64.5 Å². The third-order valence-corrected chi connectivity index (χ3v) is 7.46. The van der Waals surface area contributed by atoms with Gasteiger partial charge in [-0.05, 0) is 56.9 Å². The lowest BCUT2D eigenvalue weighted by Crippen LogP contribution is -2.62. The molecule has 2 aromatic heterocycles. The highest BCUT2D eigenvalue weighted by Crippen LogP contribution is 2.31. The van der Waals surface area contributed by atoms with Crippen molar-refractivity contribution in [3.63, 3.8) is 0 Å². The van der Waals surface area contributed by atoms with E-state index in [1.807, 2.05) is 51.1 Å². The normalized spacial score (nSPS) is 15.9. The molecule has 0 spiro atoms. The van der Waals surface area contributed by atoms with E-state index in [9.17, 15) is 9.59 Å². The minimum Gasteiger partial charge on any atom is -0.335 e. The predicted molar refractivity (Wildman–Crippen MR) is 160 cm³/mol. The van der Waals surface area contributed by atoms with E-state index in [0.29, 0.717) is 53.7 Å². The highest BCUT2D eigenvalue weighted by Gasteiger charge is 2.40. The summed E-state index contributed by atoms with van der Waals surface area (Å²) >= 11 is 6.10. The van der Waals surface area contributed by atoms with Gasteiger partial charge in [-0.3, -0.25) is 9.59 Å². The van der Waals surface area contributed by atoms with Crippen LogP contribution in [-0.4, -0.2) is 67.1 Å². The standard InChI is InChI=1S/C31H39ClN6O2/c1-8-9-22(16-20(2)33)28(39)36-14-15-37(31(6,7)19-36)29(40)26-18-38-27(34-26)24(30(3,4)5)17-25(35-38)21-10-12-23(32)13-11-21/h10-13,16-18,33H,8-9,14-15,19H2,1-7H3. The number of carbonyl (C=O) groups is 2. The van der Waals surface area contributed by atoms with Gasteiger partial charge < -0.3 is 15.2 Å². The van der Waals surface area contributed by atoms with Crippen LogP contribution in [-0.2, 0) is 10.2 Å². The molecule has 1 saturated heterocycles. The summed E-state index contributed by atoms with van der Waals surface area (Å²) in [5.41, 5.74) is 3.82. The van der Waals surface area contributed by atoms with Crippen LogP contribution in [0.4, 0.5) is 0 Å². The number of halogens is 1. The van der Waals surface area contributed by atoms with Gasteiger partial charge in [-0.25, -0.2) is 9.50 Å². The molecule has 1 aliphatic rings. The van der Waals surface area contributed by atoms with Crippen molar-refractivity contribution in [1.82, 2.24) is 24.4 Å². The fourth-order valence-corrected chi connectivity index (χ4v) is 5.34. The summed E-state index contributed by atoms with van der Waals surface area (Å²) < 4.78 is 1.70. The summed E-state index contributed by atoms with van der Waals surface area (Å²) in [5.74, 6) is -0.245. The first-order valence-corrected chi connectivity index (χ1v) is 14.1. The van der Waals surface area contributed by atoms with E-state index in [1.165, 1.54) is 0 Å². The van der Waals surface area contributed by atoms with Gasteiger partial charge in [-0.15, -0.1) is 0 Å².